The largest absolute Gasteiger partial charge is 0.457 e. The van der Waals surface area contributed by atoms with Crippen LogP contribution in [0.4, 0.5) is 15.4 Å². The fourth-order valence-corrected chi connectivity index (χ4v) is 3.54. The highest BCUT2D eigenvalue weighted by molar-refractivity contribution is 5.93. The first-order chi connectivity index (χ1) is 16.9. The molecule has 35 heavy (non-hydrogen) atoms. The smallest absolute Gasteiger partial charge is 0.325 e. The molecule has 4 amide bonds. The number of nitrogens with one attached hydrogen (secondary N) is 3. The van der Waals surface area contributed by atoms with Gasteiger partial charge in [-0.15, -0.1) is 0 Å². The van der Waals surface area contributed by atoms with E-state index >= 15 is 0 Å². The molecule has 2 aromatic carbocycles. The molecule has 0 fully saturated rings. The van der Waals surface area contributed by atoms with Gasteiger partial charge in [0, 0.05) is 37.3 Å². The molecule has 178 valence electrons. The third kappa shape index (κ3) is 5.74. The number of carbonyl (C=O) groups excluding carboxylic acids is 3. The molecule has 2 aromatic heterocycles. The zero-order chi connectivity index (χ0) is 24.8. The number of primary amides is 1. The van der Waals surface area contributed by atoms with Gasteiger partial charge in [-0.25, -0.2) is 14.6 Å². The van der Waals surface area contributed by atoms with Crippen LogP contribution in [0.15, 0.2) is 79.1 Å². The summed E-state index contributed by atoms with van der Waals surface area (Å²) in [5.41, 5.74) is 7.07. The summed E-state index contributed by atoms with van der Waals surface area (Å²) in [6, 6.07) is 17.8. The molecule has 0 aliphatic rings. The van der Waals surface area contributed by atoms with E-state index in [1.165, 1.54) is 10.8 Å². The molecular weight excluding hydrogens is 448 g/mol. The van der Waals surface area contributed by atoms with Gasteiger partial charge < -0.3 is 21.1 Å². The molecule has 5 N–H and O–H groups in total. The van der Waals surface area contributed by atoms with Crippen molar-refractivity contribution in [1.29, 1.82) is 0 Å². The van der Waals surface area contributed by atoms with E-state index in [4.69, 9.17) is 10.5 Å². The third-order valence-electron chi connectivity index (χ3n) is 5.23. The average Bonchev–Trinajstić information content (AvgIpc) is 3.27. The predicted octanol–water partition coefficient (Wildman–Crippen LogP) is 3.23. The summed E-state index contributed by atoms with van der Waals surface area (Å²) in [6.45, 7) is 0. The summed E-state index contributed by atoms with van der Waals surface area (Å²) < 4.78 is 7.41. The maximum Gasteiger partial charge on any atom is 0.325 e. The van der Waals surface area contributed by atoms with E-state index in [0.717, 1.165) is 16.5 Å². The minimum absolute atomic E-state index is 0.231. The first-order valence-corrected chi connectivity index (χ1v) is 10.8. The molecule has 0 saturated heterocycles. The molecule has 2 heterocycles. The maximum absolute atomic E-state index is 12.5. The molecule has 0 unspecified atom stereocenters. The zero-order valence-electron chi connectivity index (χ0n) is 18.9. The van der Waals surface area contributed by atoms with Crippen molar-refractivity contribution in [3.8, 4) is 11.5 Å². The van der Waals surface area contributed by atoms with E-state index in [1.807, 2.05) is 36.4 Å². The monoisotopic (exact) mass is 472 g/mol. The van der Waals surface area contributed by atoms with Gasteiger partial charge in [0.15, 0.2) is 0 Å². The lowest BCUT2D eigenvalue weighted by atomic mass is 10.1. The quantitative estimate of drug-likeness (QED) is 0.327. The van der Waals surface area contributed by atoms with Gasteiger partial charge in [0.05, 0.1) is 5.52 Å². The second kappa shape index (κ2) is 10.4. The second-order valence-corrected chi connectivity index (χ2v) is 7.68. The molecule has 0 aliphatic heterocycles. The Hall–Kier alpha value is -4.86. The second-order valence-electron chi connectivity index (χ2n) is 7.68. The Bertz CT molecular complexity index is 1370. The van der Waals surface area contributed by atoms with Gasteiger partial charge in [-0.05, 0) is 35.9 Å². The molecule has 1 atom stereocenters. The molecule has 10 heteroatoms. The van der Waals surface area contributed by atoms with Gasteiger partial charge in [-0.2, -0.15) is 0 Å². The van der Waals surface area contributed by atoms with Crippen molar-refractivity contribution >= 4 is 34.7 Å². The number of nitrogens with two attached hydrogens (primary N) is 1. The van der Waals surface area contributed by atoms with Gasteiger partial charge in [0.2, 0.25) is 5.91 Å². The van der Waals surface area contributed by atoms with Crippen molar-refractivity contribution in [3.05, 3.63) is 84.7 Å². The van der Waals surface area contributed by atoms with Crippen molar-refractivity contribution in [3.63, 3.8) is 0 Å². The highest BCUT2D eigenvalue weighted by Crippen LogP contribution is 2.27. The molecule has 0 spiro atoms. The number of benzene rings is 2. The fourth-order valence-electron chi connectivity index (χ4n) is 3.54. The van der Waals surface area contributed by atoms with E-state index in [-0.39, 0.29) is 18.3 Å². The highest BCUT2D eigenvalue weighted by atomic mass is 16.5. The van der Waals surface area contributed by atoms with Crippen LogP contribution in [0.25, 0.3) is 10.9 Å². The van der Waals surface area contributed by atoms with Crippen molar-refractivity contribution in [1.82, 2.24) is 20.2 Å². The number of anilines is 1. The lowest BCUT2D eigenvalue weighted by Crippen LogP contribution is -2.47. The number of rotatable bonds is 7. The van der Waals surface area contributed by atoms with Crippen LogP contribution in [0.2, 0.25) is 0 Å². The van der Waals surface area contributed by atoms with E-state index in [1.54, 1.807) is 43.6 Å². The first kappa shape index (κ1) is 23.3. The Morgan fingerprint density at radius 1 is 1.03 bits per heavy atom. The number of nitrogens with zero attached hydrogens (tertiary/aromatic N) is 2. The summed E-state index contributed by atoms with van der Waals surface area (Å²) in [6.07, 6.45) is 3.43. The van der Waals surface area contributed by atoms with Gasteiger partial charge in [-0.3, -0.25) is 14.7 Å². The lowest BCUT2D eigenvalue weighted by Gasteiger charge is -2.16. The van der Waals surface area contributed by atoms with E-state index in [2.05, 4.69) is 20.9 Å². The molecular formula is C25H24N6O4. The number of hydrogen-bond acceptors (Lipinski definition) is 5. The molecule has 0 radical (unpaired) electrons. The average molecular weight is 473 g/mol. The molecule has 0 aliphatic carbocycles. The number of ether oxygens (including phenoxy) is 1. The molecule has 4 rings (SSSR count). The van der Waals surface area contributed by atoms with Crippen molar-refractivity contribution in [2.45, 2.75) is 12.5 Å². The molecule has 0 saturated carbocycles. The van der Waals surface area contributed by atoms with Crippen molar-refractivity contribution in [2.24, 2.45) is 5.73 Å². The van der Waals surface area contributed by atoms with Gasteiger partial charge in [0.25, 0.3) is 0 Å². The van der Waals surface area contributed by atoms with Gasteiger partial charge in [0.1, 0.15) is 23.4 Å². The summed E-state index contributed by atoms with van der Waals surface area (Å²) in [4.78, 5) is 40.3. The number of pyridine rings is 1. The molecule has 10 nitrogen and oxygen atoms in total. The fraction of sp³-hybridized carbons (Fsp3) is 0.120. The van der Waals surface area contributed by atoms with Gasteiger partial charge in [-0.1, -0.05) is 30.3 Å². The Kier molecular flexibility index (Phi) is 6.91. The predicted molar refractivity (Wildman–Crippen MR) is 131 cm³/mol. The first-order valence-electron chi connectivity index (χ1n) is 10.8. The number of amides is 4. The van der Waals surface area contributed by atoms with Crippen LogP contribution in [-0.2, 0) is 11.2 Å². The van der Waals surface area contributed by atoms with Crippen LogP contribution in [0.1, 0.15) is 5.56 Å². The van der Waals surface area contributed by atoms with Gasteiger partial charge >= 0.3 is 12.1 Å². The van der Waals surface area contributed by atoms with Crippen LogP contribution in [0.3, 0.4) is 0 Å². The number of urea groups is 1. The summed E-state index contributed by atoms with van der Waals surface area (Å²) in [5, 5.41) is 8.59. The normalized spacial score (nSPS) is 11.5. The highest BCUT2D eigenvalue weighted by Gasteiger charge is 2.19. The van der Waals surface area contributed by atoms with Crippen LogP contribution >= 0.6 is 0 Å². The van der Waals surface area contributed by atoms with Crippen LogP contribution in [0, 0.1) is 0 Å². The maximum atomic E-state index is 12.5. The topological polar surface area (TPSA) is 140 Å². The van der Waals surface area contributed by atoms with Crippen LogP contribution < -0.4 is 26.4 Å². The minimum Gasteiger partial charge on any atom is -0.457 e. The van der Waals surface area contributed by atoms with Crippen molar-refractivity contribution < 1.29 is 19.1 Å². The number of hydrogen-bond donors (Lipinski definition) is 4. The Balaban J connectivity index is 1.41. The number of aromatic nitrogens is 2. The SMILES string of the molecule is CNC(=O)n1ccc2cc(Oc3ccnc(NC(=O)N[C@@H](Cc4ccccc4)C(N)=O)c3)ccc21. The molecule has 0 bridgehead atoms. The third-order valence-corrected chi connectivity index (χ3v) is 5.23. The van der Waals surface area contributed by atoms with Crippen LogP contribution in [-0.4, -0.2) is 40.6 Å². The minimum atomic E-state index is -0.884. The molecule has 4 aromatic rings. The Morgan fingerprint density at radius 2 is 1.80 bits per heavy atom. The Morgan fingerprint density at radius 3 is 2.54 bits per heavy atom. The van der Waals surface area contributed by atoms with Crippen LogP contribution in [0.5, 0.6) is 11.5 Å². The number of fused-ring (bicyclic) bond motifs is 1. The lowest BCUT2D eigenvalue weighted by molar-refractivity contribution is -0.119. The van der Waals surface area contributed by atoms with E-state index in [0.29, 0.717) is 11.5 Å². The van der Waals surface area contributed by atoms with E-state index in [9.17, 15) is 14.4 Å². The summed E-state index contributed by atoms with van der Waals surface area (Å²) in [5.74, 6) is 0.575. The van der Waals surface area contributed by atoms with Crippen molar-refractivity contribution in [2.75, 3.05) is 12.4 Å². The summed E-state index contributed by atoms with van der Waals surface area (Å²) >= 11 is 0. The van der Waals surface area contributed by atoms with E-state index < -0.39 is 18.0 Å². The summed E-state index contributed by atoms with van der Waals surface area (Å²) in [7, 11) is 1.57. The Labute approximate surface area is 201 Å². The standard InChI is InChI=1S/C25H24N6O4/c1-27-25(34)31-12-10-17-14-18(7-8-21(17)31)35-19-9-11-28-22(15-19)30-24(33)29-20(23(26)32)13-16-5-3-2-4-6-16/h2-12,14-15,20H,13H2,1H3,(H2,26,32)(H,27,34)(H2,28,29,30,33)/t20-/m0/s1. The zero-order valence-corrected chi connectivity index (χ0v) is 18.9. The number of carbonyl (C=O) groups is 3.